The summed E-state index contributed by atoms with van der Waals surface area (Å²) in [7, 11) is 1.79. The van der Waals surface area contributed by atoms with Crippen LogP contribution >= 0.6 is 37.0 Å². The number of unbranched alkanes of at least 4 members (excludes halogenated alkanes) is 1. The van der Waals surface area contributed by atoms with Crippen LogP contribution < -0.4 is 10.1 Å². The standard InChI is InChI=1S/C27H40N2OS3/c1-4-6-12-27(5-2)20-33-25-17-22(19-29(13-15-31)14-16-32)24(30-3)18-23(25)26(28-27)21-10-8-7-9-11-21/h7-11,17-18,26,28,31-32H,4-6,12-16,19-20H2,1-3H3/t26-,27-/m1/s1. The third kappa shape index (κ3) is 6.88. The highest BCUT2D eigenvalue weighted by Crippen LogP contribution is 2.43. The molecule has 0 saturated carbocycles. The van der Waals surface area contributed by atoms with Gasteiger partial charge in [0.2, 0.25) is 0 Å². The van der Waals surface area contributed by atoms with E-state index in [9.17, 15) is 0 Å². The normalized spacial score (nSPS) is 20.5. The van der Waals surface area contributed by atoms with Gasteiger partial charge in [0.15, 0.2) is 0 Å². The summed E-state index contributed by atoms with van der Waals surface area (Å²) in [4.78, 5) is 3.78. The summed E-state index contributed by atoms with van der Waals surface area (Å²) in [6, 6.07) is 15.7. The number of thiol groups is 2. The summed E-state index contributed by atoms with van der Waals surface area (Å²) in [6.45, 7) is 7.37. The van der Waals surface area contributed by atoms with Crippen LogP contribution in [0.5, 0.6) is 5.75 Å². The minimum atomic E-state index is 0.123. The van der Waals surface area contributed by atoms with Crippen LogP contribution in [-0.4, -0.2) is 47.9 Å². The predicted octanol–water partition coefficient (Wildman–Crippen LogP) is 6.48. The summed E-state index contributed by atoms with van der Waals surface area (Å²) < 4.78 is 5.93. The lowest BCUT2D eigenvalue weighted by Gasteiger charge is -2.36. The van der Waals surface area contributed by atoms with Crippen LogP contribution in [0.1, 0.15) is 62.3 Å². The summed E-state index contributed by atoms with van der Waals surface area (Å²) in [6.07, 6.45) is 4.79. The first-order valence-electron chi connectivity index (χ1n) is 12.2. The largest absolute Gasteiger partial charge is 0.496 e. The highest BCUT2D eigenvalue weighted by Gasteiger charge is 2.36. The second kappa shape index (κ2) is 13.3. The zero-order valence-corrected chi connectivity index (χ0v) is 23.0. The number of ether oxygens (including phenoxy) is 1. The lowest BCUT2D eigenvalue weighted by molar-refractivity contribution is 0.292. The lowest BCUT2D eigenvalue weighted by atomic mass is 9.88. The Morgan fingerprint density at radius 2 is 1.85 bits per heavy atom. The van der Waals surface area contributed by atoms with E-state index < -0.39 is 0 Å². The molecule has 1 heterocycles. The van der Waals surface area contributed by atoms with Gasteiger partial charge in [-0.25, -0.2) is 0 Å². The van der Waals surface area contributed by atoms with Crippen molar-refractivity contribution >= 4 is 37.0 Å². The fourth-order valence-corrected chi connectivity index (χ4v) is 6.66. The number of rotatable bonds is 12. The van der Waals surface area contributed by atoms with Gasteiger partial charge in [-0.2, -0.15) is 25.3 Å². The fraction of sp³-hybridized carbons (Fsp3) is 0.556. The van der Waals surface area contributed by atoms with Gasteiger partial charge in [-0.05, 0) is 36.1 Å². The first-order valence-corrected chi connectivity index (χ1v) is 14.4. The van der Waals surface area contributed by atoms with Crippen molar-refractivity contribution in [1.29, 1.82) is 0 Å². The summed E-state index contributed by atoms with van der Waals surface area (Å²) in [5.74, 6) is 3.74. The van der Waals surface area contributed by atoms with E-state index in [-0.39, 0.29) is 11.6 Å². The van der Waals surface area contributed by atoms with Crippen LogP contribution in [-0.2, 0) is 6.54 Å². The average Bonchev–Trinajstić information content (AvgIpc) is 3.00. The monoisotopic (exact) mass is 504 g/mol. The van der Waals surface area contributed by atoms with E-state index in [0.29, 0.717) is 0 Å². The first kappa shape index (κ1) is 26.8. The Labute approximate surface area is 216 Å². The van der Waals surface area contributed by atoms with Gasteiger partial charge in [0.25, 0.3) is 0 Å². The van der Waals surface area contributed by atoms with Crippen LogP contribution in [0.25, 0.3) is 0 Å². The van der Waals surface area contributed by atoms with Crippen molar-refractivity contribution < 1.29 is 4.74 Å². The topological polar surface area (TPSA) is 24.5 Å². The number of benzene rings is 2. The van der Waals surface area contributed by atoms with Gasteiger partial charge < -0.3 is 4.74 Å². The Morgan fingerprint density at radius 3 is 2.45 bits per heavy atom. The molecule has 0 amide bonds. The molecule has 3 nitrogen and oxygen atoms in total. The van der Waals surface area contributed by atoms with Crippen molar-refractivity contribution in [3.05, 3.63) is 59.2 Å². The van der Waals surface area contributed by atoms with Crippen LogP contribution in [0.2, 0.25) is 0 Å². The smallest absolute Gasteiger partial charge is 0.123 e. The Balaban J connectivity index is 2.05. The molecule has 2 atom stereocenters. The van der Waals surface area contributed by atoms with Gasteiger partial charge in [0, 0.05) is 52.9 Å². The van der Waals surface area contributed by atoms with E-state index >= 15 is 0 Å². The van der Waals surface area contributed by atoms with Gasteiger partial charge in [0.1, 0.15) is 5.75 Å². The lowest BCUT2D eigenvalue weighted by Crippen LogP contribution is -2.48. The maximum atomic E-state index is 5.93. The van der Waals surface area contributed by atoms with Gasteiger partial charge in [-0.3, -0.25) is 10.2 Å². The maximum Gasteiger partial charge on any atom is 0.123 e. The molecular formula is C27H40N2OS3. The quantitative estimate of drug-likeness (QED) is 0.288. The van der Waals surface area contributed by atoms with Gasteiger partial charge >= 0.3 is 0 Å². The predicted molar refractivity (Wildman–Crippen MR) is 151 cm³/mol. The number of hydrogen-bond donors (Lipinski definition) is 3. The second-order valence-electron chi connectivity index (χ2n) is 8.94. The molecule has 1 N–H and O–H groups in total. The van der Waals surface area contributed by atoms with Crippen molar-refractivity contribution in [3.8, 4) is 5.75 Å². The van der Waals surface area contributed by atoms with Crippen molar-refractivity contribution in [2.24, 2.45) is 0 Å². The molecule has 0 bridgehead atoms. The Morgan fingerprint density at radius 1 is 1.12 bits per heavy atom. The average molecular weight is 505 g/mol. The maximum absolute atomic E-state index is 5.93. The molecular weight excluding hydrogens is 465 g/mol. The van der Waals surface area contributed by atoms with E-state index in [1.54, 1.807) is 7.11 Å². The molecule has 0 spiro atoms. The van der Waals surface area contributed by atoms with Crippen LogP contribution in [0, 0.1) is 0 Å². The number of fused-ring (bicyclic) bond motifs is 1. The fourth-order valence-electron chi connectivity index (χ4n) is 4.67. The number of nitrogens with zero attached hydrogens (tertiary/aromatic N) is 1. The van der Waals surface area contributed by atoms with Crippen molar-refractivity contribution in [3.63, 3.8) is 0 Å². The minimum Gasteiger partial charge on any atom is -0.496 e. The molecule has 3 rings (SSSR count). The Hall–Kier alpha value is -0.790. The van der Waals surface area contributed by atoms with Gasteiger partial charge in [0.05, 0.1) is 13.2 Å². The Bertz CT molecular complexity index is 858. The number of methoxy groups -OCH3 is 1. The molecule has 2 aromatic carbocycles. The van der Waals surface area contributed by atoms with Crippen LogP contribution in [0.4, 0.5) is 0 Å². The summed E-state index contributed by atoms with van der Waals surface area (Å²) in [5.41, 5.74) is 4.01. The van der Waals surface area contributed by atoms with E-state index in [2.05, 4.69) is 91.8 Å². The minimum absolute atomic E-state index is 0.123. The molecule has 33 heavy (non-hydrogen) atoms. The van der Waals surface area contributed by atoms with Crippen LogP contribution in [0.3, 0.4) is 0 Å². The SMILES string of the molecule is CCCC[C@]1(CC)CSc2cc(CN(CCS)CCS)c(OC)cc2[C@@H](c2ccccc2)N1. The van der Waals surface area contributed by atoms with E-state index in [1.165, 1.54) is 40.8 Å². The van der Waals surface area contributed by atoms with Crippen molar-refractivity contribution in [1.82, 2.24) is 10.2 Å². The molecule has 0 fully saturated rings. The van der Waals surface area contributed by atoms with Crippen molar-refractivity contribution in [2.45, 2.75) is 62.6 Å². The molecule has 2 aromatic rings. The molecule has 0 radical (unpaired) electrons. The van der Waals surface area contributed by atoms with Crippen molar-refractivity contribution in [2.75, 3.05) is 37.5 Å². The van der Waals surface area contributed by atoms with Gasteiger partial charge in [-0.15, -0.1) is 11.8 Å². The third-order valence-corrected chi connectivity index (χ3v) is 8.48. The zero-order chi connectivity index (χ0) is 23.7. The van der Waals surface area contributed by atoms with Crippen LogP contribution in [0.15, 0.2) is 47.4 Å². The second-order valence-corrected chi connectivity index (χ2v) is 10.9. The molecule has 1 aliphatic heterocycles. The highest BCUT2D eigenvalue weighted by atomic mass is 32.2. The summed E-state index contributed by atoms with van der Waals surface area (Å²) >= 11 is 10.9. The van der Waals surface area contributed by atoms with E-state index in [0.717, 1.165) is 49.1 Å². The molecule has 6 heteroatoms. The van der Waals surface area contributed by atoms with Gasteiger partial charge in [-0.1, -0.05) is 57.0 Å². The molecule has 0 saturated heterocycles. The molecule has 0 unspecified atom stereocenters. The molecule has 0 aromatic heterocycles. The number of hydrogen-bond acceptors (Lipinski definition) is 6. The summed E-state index contributed by atoms with van der Waals surface area (Å²) in [5, 5.41) is 4.13. The zero-order valence-electron chi connectivity index (χ0n) is 20.3. The number of nitrogens with one attached hydrogen (secondary N) is 1. The molecule has 182 valence electrons. The first-order chi connectivity index (χ1) is 16.1. The Kier molecular flexibility index (Phi) is 10.8. The third-order valence-electron chi connectivity index (χ3n) is 6.72. The van der Waals surface area contributed by atoms with E-state index in [4.69, 9.17) is 4.74 Å². The molecule has 0 aliphatic carbocycles. The highest BCUT2D eigenvalue weighted by molar-refractivity contribution is 7.99. The molecule has 1 aliphatic rings. The van der Waals surface area contributed by atoms with E-state index in [1.807, 2.05) is 11.8 Å². The number of thioether (sulfide) groups is 1.